The average molecular weight is 369 g/mol. The SMILES string of the molecule is Cc1nn(-c2ccc(F)cc2)cc1CNC(=O)C1(N)CCOCC1.Cl. The molecular formula is C17H22ClFN4O2. The van der Waals surface area contributed by atoms with Gasteiger partial charge in [0.1, 0.15) is 5.82 Å². The molecule has 1 fully saturated rings. The molecule has 1 aromatic heterocycles. The van der Waals surface area contributed by atoms with Crippen molar-refractivity contribution in [2.45, 2.75) is 31.8 Å². The van der Waals surface area contributed by atoms with Crippen LogP contribution in [0.2, 0.25) is 0 Å². The van der Waals surface area contributed by atoms with Gasteiger partial charge in [-0.2, -0.15) is 5.10 Å². The van der Waals surface area contributed by atoms with E-state index in [4.69, 9.17) is 10.5 Å². The number of hydrogen-bond donors (Lipinski definition) is 2. The molecule has 3 rings (SSSR count). The van der Waals surface area contributed by atoms with Gasteiger partial charge in [-0.1, -0.05) is 0 Å². The molecule has 0 saturated carbocycles. The summed E-state index contributed by atoms with van der Waals surface area (Å²) in [5.74, 6) is -0.459. The van der Waals surface area contributed by atoms with E-state index in [1.807, 2.05) is 13.1 Å². The minimum atomic E-state index is -0.862. The molecule has 0 atom stereocenters. The van der Waals surface area contributed by atoms with E-state index < -0.39 is 5.54 Å². The van der Waals surface area contributed by atoms with Gasteiger partial charge < -0.3 is 15.8 Å². The predicted molar refractivity (Wildman–Crippen MR) is 94.3 cm³/mol. The number of nitrogens with zero attached hydrogens (tertiary/aromatic N) is 2. The van der Waals surface area contributed by atoms with Crippen LogP contribution in [-0.4, -0.2) is 34.4 Å². The topological polar surface area (TPSA) is 82.2 Å². The third kappa shape index (κ3) is 4.36. The molecule has 136 valence electrons. The number of nitrogens with two attached hydrogens (primary N) is 1. The molecule has 25 heavy (non-hydrogen) atoms. The van der Waals surface area contributed by atoms with Crippen molar-refractivity contribution < 1.29 is 13.9 Å². The van der Waals surface area contributed by atoms with Gasteiger partial charge in [0.25, 0.3) is 0 Å². The molecule has 1 amide bonds. The fraction of sp³-hybridized carbons (Fsp3) is 0.412. The zero-order valence-electron chi connectivity index (χ0n) is 14.0. The van der Waals surface area contributed by atoms with Crippen molar-refractivity contribution in [3.63, 3.8) is 0 Å². The highest BCUT2D eigenvalue weighted by atomic mass is 35.5. The highest BCUT2D eigenvalue weighted by Gasteiger charge is 2.35. The molecule has 0 bridgehead atoms. The van der Waals surface area contributed by atoms with Crippen LogP contribution in [0.15, 0.2) is 30.5 Å². The summed E-state index contributed by atoms with van der Waals surface area (Å²) in [5, 5.41) is 7.30. The molecule has 2 heterocycles. The van der Waals surface area contributed by atoms with Gasteiger partial charge in [0.2, 0.25) is 5.91 Å². The van der Waals surface area contributed by atoms with E-state index in [2.05, 4.69) is 10.4 Å². The van der Waals surface area contributed by atoms with Crippen molar-refractivity contribution in [3.05, 3.63) is 47.5 Å². The van der Waals surface area contributed by atoms with E-state index in [-0.39, 0.29) is 24.1 Å². The van der Waals surface area contributed by atoms with Crippen LogP contribution in [0.3, 0.4) is 0 Å². The molecule has 0 unspecified atom stereocenters. The van der Waals surface area contributed by atoms with Gasteiger partial charge in [-0.25, -0.2) is 9.07 Å². The monoisotopic (exact) mass is 368 g/mol. The number of aryl methyl sites for hydroxylation is 1. The number of benzene rings is 1. The number of nitrogens with one attached hydrogen (secondary N) is 1. The van der Waals surface area contributed by atoms with Crippen LogP contribution in [0.4, 0.5) is 4.39 Å². The molecule has 1 aliphatic rings. The van der Waals surface area contributed by atoms with E-state index in [0.717, 1.165) is 16.9 Å². The van der Waals surface area contributed by atoms with Crippen LogP contribution in [0.25, 0.3) is 5.69 Å². The van der Waals surface area contributed by atoms with Crippen molar-refractivity contribution in [1.29, 1.82) is 0 Å². The first-order valence-corrected chi connectivity index (χ1v) is 7.94. The minimum absolute atomic E-state index is 0. The van der Waals surface area contributed by atoms with Gasteiger partial charge in [0.15, 0.2) is 0 Å². The first kappa shape index (κ1) is 19.4. The van der Waals surface area contributed by atoms with Gasteiger partial charge in [-0.15, -0.1) is 12.4 Å². The maximum Gasteiger partial charge on any atom is 0.240 e. The summed E-state index contributed by atoms with van der Waals surface area (Å²) in [6, 6.07) is 6.08. The second-order valence-electron chi connectivity index (χ2n) is 6.11. The normalized spacial score (nSPS) is 16.1. The number of amides is 1. The van der Waals surface area contributed by atoms with Gasteiger partial charge in [0, 0.05) is 31.5 Å². The van der Waals surface area contributed by atoms with Crippen LogP contribution < -0.4 is 11.1 Å². The first-order valence-electron chi connectivity index (χ1n) is 7.94. The van der Waals surface area contributed by atoms with Gasteiger partial charge >= 0.3 is 0 Å². The summed E-state index contributed by atoms with van der Waals surface area (Å²) >= 11 is 0. The van der Waals surface area contributed by atoms with E-state index in [1.165, 1.54) is 12.1 Å². The lowest BCUT2D eigenvalue weighted by molar-refractivity contribution is -0.129. The lowest BCUT2D eigenvalue weighted by atomic mass is 9.90. The average Bonchev–Trinajstić information content (AvgIpc) is 2.95. The lowest BCUT2D eigenvalue weighted by Gasteiger charge is -2.31. The number of rotatable bonds is 4. The van der Waals surface area contributed by atoms with Gasteiger partial charge in [-0.05, 0) is 44.0 Å². The zero-order chi connectivity index (χ0) is 17.2. The van der Waals surface area contributed by atoms with E-state index in [0.29, 0.717) is 32.6 Å². The third-order valence-electron chi connectivity index (χ3n) is 4.37. The van der Waals surface area contributed by atoms with Crippen molar-refractivity contribution >= 4 is 18.3 Å². The van der Waals surface area contributed by atoms with Crippen molar-refractivity contribution in [3.8, 4) is 5.69 Å². The van der Waals surface area contributed by atoms with Crippen LogP contribution >= 0.6 is 12.4 Å². The Kier molecular flexibility index (Phi) is 6.16. The van der Waals surface area contributed by atoms with Crippen molar-refractivity contribution in [2.24, 2.45) is 5.73 Å². The Balaban J connectivity index is 0.00000225. The van der Waals surface area contributed by atoms with Crippen LogP contribution in [0.5, 0.6) is 0 Å². The Morgan fingerprint density at radius 3 is 2.64 bits per heavy atom. The highest BCUT2D eigenvalue weighted by Crippen LogP contribution is 2.18. The van der Waals surface area contributed by atoms with Crippen molar-refractivity contribution in [2.75, 3.05) is 13.2 Å². The van der Waals surface area contributed by atoms with E-state index in [9.17, 15) is 9.18 Å². The quantitative estimate of drug-likeness (QED) is 0.863. The number of aromatic nitrogens is 2. The lowest BCUT2D eigenvalue weighted by Crippen LogP contribution is -2.56. The molecule has 1 saturated heterocycles. The van der Waals surface area contributed by atoms with Gasteiger partial charge in [-0.3, -0.25) is 4.79 Å². The Hall–Kier alpha value is -1.96. The number of ether oxygens (including phenoxy) is 1. The molecule has 1 aromatic carbocycles. The Bertz CT molecular complexity index is 727. The van der Waals surface area contributed by atoms with E-state index in [1.54, 1.807) is 16.8 Å². The second kappa shape index (κ2) is 7.95. The molecule has 3 N–H and O–H groups in total. The van der Waals surface area contributed by atoms with Crippen molar-refractivity contribution in [1.82, 2.24) is 15.1 Å². The summed E-state index contributed by atoms with van der Waals surface area (Å²) < 4.78 is 19.9. The zero-order valence-corrected chi connectivity index (χ0v) is 14.8. The summed E-state index contributed by atoms with van der Waals surface area (Å²) in [5.41, 5.74) is 7.76. The Morgan fingerprint density at radius 2 is 2.00 bits per heavy atom. The van der Waals surface area contributed by atoms with Gasteiger partial charge in [0.05, 0.1) is 16.9 Å². The number of halogens is 2. The number of hydrogen-bond acceptors (Lipinski definition) is 4. The summed E-state index contributed by atoms with van der Waals surface area (Å²) in [4.78, 5) is 12.4. The smallest absolute Gasteiger partial charge is 0.240 e. The first-order chi connectivity index (χ1) is 11.5. The third-order valence-corrected chi connectivity index (χ3v) is 4.37. The minimum Gasteiger partial charge on any atom is -0.381 e. The second-order valence-corrected chi connectivity index (χ2v) is 6.11. The molecule has 6 nitrogen and oxygen atoms in total. The molecular weight excluding hydrogens is 347 g/mol. The fourth-order valence-electron chi connectivity index (χ4n) is 2.71. The van der Waals surface area contributed by atoms with Crippen LogP contribution in [0, 0.1) is 12.7 Å². The predicted octanol–water partition coefficient (Wildman–Crippen LogP) is 1.87. The van der Waals surface area contributed by atoms with Crippen LogP contribution in [0.1, 0.15) is 24.1 Å². The number of carbonyl (C=O) groups excluding carboxylic acids is 1. The molecule has 2 aromatic rings. The highest BCUT2D eigenvalue weighted by molar-refractivity contribution is 5.86. The molecule has 1 aliphatic heterocycles. The summed E-state index contributed by atoms with van der Waals surface area (Å²) in [6.07, 6.45) is 2.87. The number of carbonyl (C=O) groups is 1. The van der Waals surface area contributed by atoms with E-state index >= 15 is 0 Å². The summed E-state index contributed by atoms with van der Waals surface area (Å²) in [6.45, 7) is 3.23. The molecule has 8 heteroatoms. The van der Waals surface area contributed by atoms with Crippen LogP contribution in [-0.2, 0) is 16.1 Å². The largest absolute Gasteiger partial charge is 0.381 e. The fourth-order valence-corrected chi connectivity index (χ4v) is 2.71. The molecule has 0 spiro atoms. The molecule has 0 aliphatic carbocycles. The Morgan fingerprint density at radius 1 is 1.36 bits per heavy atom. The summed E-state index contributed by atoms with van der Waals surface area (Å²) in [7, 11) is 0. The molecule has 0 radical (unpaired) electrons. The maximum absolute atomic E-state index is 13.0. The Labute approximate surface area is 151 Å². The maximum atomic E-state index is 13.0. The standard InChI is InChI=1S/C17H21FN4O2.ClH/c1-12-13(10-20-16(23)17(19)6-8-24-9-7-17)11-22(21-12)15-4-2-14(18)3-5-15;/h2-5,11H,6-10,19H2,1H3,(H,20,23);1H.